The van der Waals surface area contributed by atoms with Crippen LogP contribution in [0.4, 0.5) is 43.9 Å². The molecule has 19 heavy (non-hydrogen) atoms. The van der Waals surface area contributed by atoms with E-state index in [9.17, 15) is 43.9 Å². The van der Waals surface area contributed by atoms with E-state index in [-0.39, 0.29) is 0 Å². The molecule has 0 N–H and O–H groups in total. The van der Waals surface area contributed by atoms with Crippen molar-refractivity contribution in [1.82, 2.24) is 0 Å². The smallest absolute Gasteiger partial charge is 0.203 e. The predicted octanol–water partition coefficient (Wildman–Crippen LogP) is 4.80. The summed E-state index contributed by atoms with van der Waals surface area (Å²) in [5.41, 5.74) is -5.71. The van der Waals surface area contributed by atoms with Gasteiger partial charge >= 0.3 is 12.3 Å². The molecule has 0 radical (unpaired) electrons. The topological polar surface area (TPSA) is 0 Å². The molecule has 1 aromatic carbocycles. The third-order valence-electron chi connectivity index (χ3n) is 1.94. The van der Waals surface area contributed by atoms with E-state index in [1.165, 1.54) is 0 Å². The summed E-state index contributed by atoms with van der Waals surface area (Å²) in [6.07, 6.45) is -9.36. The lowest BCUT2D eigenvalue weighted by atomic mass is 10.0. The first-order valence-electron chi connectivity index (χ1n) is 4.14. The highest BCUT2D eigenvalue weighted by Gasteiger charge is 2.43. The number of rotatable bonds is 1. The molecule has 106 valence electrons. The van der Waals surface area contributed by atoms with Gasteiger partial charge in [0, 0.05) is 0 Å². The van der Waals surface area contributed by atoms with Gasteiger partial charge in [-0.3, -0.25) is 0 Å². The molecule has 0 bridgehead atoms. The standard InChI is InChI=1S/C9F10/c10-3-1(4(11)8(15)16)2(9(17,18)19)5(12)7(14)6(3)13. The van der Waals surface area contributed by atoms with Crippen molar-refractivity contribution in [1.29, 1.82) is 0 Å². The molecule has 0 unspecified atom stereocenters. The summed E-state index contributed by atoms with van der Waals surface area (Å²) in [5, 5.41) is 0. The van der Waals surface area contributed by atoms with Gasteiger partial charge in [0.05, 0.1) is 5.56 Å². The van der Waals surface area contributed by atoms with Crippen LogP contribution >= 0.6 is 0 Å². The van der Waals surface area contributed by atoms with Crippen LogP contribution in [0.15, 0.2) is 6.08 Å². The van der Waals surface area contributed by atoms with Crippen LogP contribution in [0.2, 0.25) is 0 Å². The maximum Gasteiger partial charge on any atom is 0.420 e. The van der Waals surface area contributed by atoms with Crippen molar-refractivity contribution in [3.63, 3.8) is 0 Å². The molecule has 0 aliphatic heterocycles. The minimum Gasteiger partial charge on any atom is -0.203 e. The Hall–Kier alpha value is -1.74. The molecule has 0 saturated heterocycles. The number of hydrogen-bond acceptors (Lipinski definition) is 0. The lowest BCUT2D eigenvalue weighted by Crippen LogP contribution is -2.17. The highest BCUT2D eigenvalue weighted by Crippen LogP contribution is 2.41. The first kappa shape index (κ1) is 15.3. The molecule has 0 amide bonds. The zero-order valence-electron chi connectivity index (χ0n) is 8.28. The Morgan fingerprint density at radius 2 is 1.11 bits per heavy atom. The number of alkyl halides is 3. The maximum absolute atomic E-state index is 13.0. The third-order valence-corrected chi connectivity index (χ3v) is 1.94. The summed E-state index contributed by atoms with van der Waals surface area (Å²) in [5.74, 6) is -14.8. The molecule has 0 spiro atoms. The highest BCUT2D eigenvalue weighted by atomic mass is 19.4. The van der Waals surface area contributed by atoms with Crippen LogP contribution in [0.25, 0.3) is 5.83 Å². The molecule has 0 atom stereocenters. The van der Waals surface area contributed by atoms with Crippen LogP contribution in [0.5, 0.6) is 0 Å². The zero-order valence-corrected chi connectivity index (χ0v) is 8.28. The Labute approximate surface area is 97.5 Å². The summed E-state index contributed by atoms with van der Waals surface area (Å²) in [4.78, 5) is 0. The van der Waals surface area contributed by atoms with Crippen molar-refractivity contribution >= 4 is 5.83 Å². The highest BCUT2D eigenvalue weighted by molar-refractivity contribution is 5.64. The van der Waals surface area contributed by atoms with E-state index in [1.807, 2.05) is 0 Å². The molecule has 1 rings (SSSR count). The van der Waals surface area contributed by atoms with E-state index in [0.717, 1.165) is 0 Å². The van der Waals surface area contributed by atoms with Crippen molar-refractivity contribution < 1.29 is 43.9 Å². The summed E-state index contributed by atoms with van der Waals surface area (Å²) < 4.78 is 124. The van der Waals surface area contributed by atoms with Gasteiger partial charge in [0.2, 0.25) is 0 Å². The third kappa shape index (κ3) is 2.51. The van der Waals surface area contributed by atoms with Gasteiger partial charge in [-0.2, -0.15) is 22.0 Å². The van der Waals surface area contributed by atoms with Gasteiger partial charge < -0.3 is 0 Å². The molecule has 0 aliphatic carbocycles. The van der Waals surface area contributed by atoms with Crippen LogP contribution in [0.1, 0.15) is 11.1 Å². The predicted molar refractivity (Wildman–Crippen MR) is 41.5 cm³/mol. The second kappa shape index (κ2) is 4.74. The fraction of sp³-hybridized carbons (Fsp3) is 0.111. The van der Waals surface area contributed by atoms with E-state index in [2.05, 4.69) is 0 Å². The SMILES string of the molecule is FC(F)=C(F)c1c(F)c(F)c(F)c(F)c1C(F)(F)F. The van der Waals surface area contributed by atoms with Crippen LogP contribution in [-0.4, -0.2) is 0 Å². The summed E-state index contributed by atoms with van der Waals surface area (Å²) >= 11 is 0. The van der Waals surface area contributed by atoms with Gasteiger partial charge in [0.1, 0.15) is 5.56 Å². The molecule has 10 heteroatoms. The monoisotopic (exact) mass is 298 g/mol. The Bertz CT molecular complexity index is 549. The molecule has 0 heterocycles. The molecule has 0 aliphatic rings. The van der Waals surface area contributed by atoms with Crippen molar-refractivity contribution in [3.05, 3.63) is 40.5 Å². The minimum absolute atomic E-state index is 2.72. The summed E-state index contributed by atoms with van der Waals surface area (Å²) in [6, 6.07) is 0. The van der Waals surface area contributed by atoms with Gasteiger partial charge in [-0.15, -0.1) is 0 Å². The largest absolute Gasteiger partial charge is 0.420 e. The summed E-state index contributed by atoms with van der Waals surface area (Å²) in [6.45, 7) is 0. The molecule has 0 aromatic heterocycles. The first-order chi connectivity index (χ1) is 8.50. The first-order valence-corrected chi connectivity index (χ1v) is 4.14. The van der Waals surface area contributed by atoms with Gasteiger partial charge in [-0.25, -0.2) is 22.0 Å². The average molecular weight is 298 g/mol. The molecular formula is C9F10. The van der Waals surface area contributed by atoms with Crippen molar-refractivity contribution in [2.45, 2.75) is 6.18 Å². The minimum atomic E-state index is -5.92. The molecule has 0 saturated carbocycles. The fourth-order valence-corrected chi connectivity index (χ4v) is 1.20. The Morgan fingerprint density at radius 1 is 0.684 bits per heavy atom. The van der Waals surface area contributed by atoms with E-state index in [4.69, 9.17) is 0 Å². The maximum atomic E-state index is 13.0. The Morgan fingerprint density at radius 3 is 1.47 bits per heavy atom. The lowest BCUT2D eigenvalue weighted by Gasteiger charge is -2.14. The fourth-order valence-electron chi connectivity index (χ4n) is 1.20. The molecular weight excluding hydrogens is 298 g/mol. The molecule has 0 fully saturated rings. The van der Waals surface area contributed by atoms with E-state index >= 15 is 0 Å². The van der Waals surface area contributed by atoms with Gasteiger partial charge in [0.25, 0.3) is 0 Å². The van der Waals surface area contributed by atoms with Crippen molar-refractivity contribution in [2.75, 3.05) is 0 Å². The van der Waals surface area contributed by atoms with Crippen molar-refractivity contribution in [2.24, 2.45) is 0 Å². The lowest BCUT2D eigenvalue weighted by molar-refractivity contribution is -0.140. The average Bonchev–Trinajstić information content (AvgIpc) is 2.28. The Kier molecular flexibility index (Phi) is 3.82. The van der Waals surface area contributed by atoms with Crippen molar-refractivity contribution in [3.8, 4) is 0 Å². The number of benzene rings is 1. The van der Waals surface area contributed by atoms with Gasteiger partial charge in [-0.1, -0.05) is 0 Å². The van der Waals surface area contributed by atoms with Crippen LogP contribution in [0, 0.1) is 23.3 Å². The second-order valence-electron chi connectivity index (χ2n) is 3.08. The summed E-state index contributed by atoms with van der Waals surface area (Å²) in [7, 11) is 0. The van der Waals surface area contributed by atoms with Crippen LogP contribution in [0.3, 0.4) is 0 Å². The van der Waals surface area contributed by atoms with Crippen LogP contribution < -0.4 is 0 Å². The number of halogens is 10. The quantitative estimate of drug-likeness (QED) is 0.397. The van der Waals surface area contributed by atoms with Gasteiger partial charge in [0.15, 0.2) is 29.1 Å². The van der Waals surface area contributed by atoms with Gasteiger partial charge in [-0.05, 0) is 0 Å². The molecule has 1 aromatic rings. The van der Waals surface area contributed by atoms with E-state index in [1.54, 1.807) is 0 Å². The zero-order chi connectivity index (χ0) is 15.1. The van der Waals surface area contributed by atoms with Crippen LogP contribution in [-0.2, 0) is 6.18 Å². The Balaban J connectivity index is 3.95. The normalized spacial score (nSPS) is 11.7. The second-order valence-corrected chi connectivity index (χ2v) is 3.08. The van der Waals surface area contributed by atoms with E-state index < -0.39 is 52.5 Å². The number of hydrogen-bond donors (Lipinski definition) is 0. The molecule has 0 nitrogen and oxygen atoms in total. The van der Waals surface area contributed by atoms with E-state index in [0.29, 0.717) is 0 Å².